The predicted octanol–water partition coefficient (Wildman–Crippen LogP) is 4.62. The molecular formula is C19H23NO. The van der Waals surface area contributed by atoms with Crippen LogP contribution < -0.4 is 5.32 Å². The van der Waals surface area contributed by atoms with Crippen LogP contribution in [0.25, 0.3) is 11.1 Å². The second-order valence-electron chi connectivity index (χ2n) is 5.95. The molecule has 0 atom stereocenters. The van der Waals surface area contributed by atoms with Crippen molar-refractivity contribution in [3.63, 3.8) is 0 Å². The van der Waals surface area contributed by atoms with E-state index in [4.69, 9.17) is 0 Å². The third-order valence-corrected chi connectivity index (χ3v) is 3.48. The van der Waals surface area contributed by atoms with Crippen LogP contribution in [-0.4, -0.2) is 11.9 Å². The van der Waals surface area contributed by atoms with E-state index in [0.717, 1.165) is 16.7 Å². The lowest BCUT2D eigenvalue weighted by Gasteiger charge is -2.13. The number of carbonyl (C=O) groups is 1. The number of benzene rings is 2. The number of nitrogens with one attached hydrogen (secondary N) is 1. The molecular weight excluding hydrogens is 258 g/mol. The third kappa shape index (κ3) is 3.72. The maximum absolute atomic E-state index is 12.3. The van der Waals surface area contributed by atoms with Gasteiger partial charge in [-0.15, -0.1) is 0 Å². The minimum atomic E-state index is -0.0199. The highest BCUT2D eigenvalue weighted by molar-refractivity contribution is 6.01. The third-order valence-electron chi connectivity index (χ3n) is 3.48. The van der Waals surface area contributed by atoms with E-state index in [0.29, 0.717) is 5.92 Å². The van der Waals surface area contributed by atoms with E-state index >= 15 is 0 Å². The van der Waals surface area contributed by atoms with E-state index in [1.54, 1.807) is 0 Å². The smallest absolute Gasteiger partial charge is 0.252 e. The van der Waals surface area contributed by atoms with Gasteiger partial charge in [-0.25, -0.2) is 0 Å². The molecule has 2 aromatic carbocycles. The number of hydrogen-bond acceptors (Lipinski definition) is 1. The van der Waals surface area contributed by atoms with Gasteiger partial charge in [0, 0.05) is 11.6 Å². The molecule has 0 heterocycles. The van der Waals surface area contributed by atoms with Crippen molar-refractivity contribution >= 4 is 5.91 Å². The van der Waals surface area contributed by atoms with Crippen molar-refractivity contribution in [3.8, 4) is 11.1 Å². The molecule has 0 aliphatic rings. The Kier molecular flexibility index (Phi) is 4.79. The van der Waals surface area contributed by atoms with Crippen LogP contribution >= 0.6 is 0 Å². The average molecular weight is 281 g/mol. The molecule has 0 aromatic heterocycles. The Hall–Kier alpha value is -2.09. The van der Waals surface area contributed by atoms with E-state index in [1.807, 2.05) is 38.1 Å². The Morgan fingerprint density at radius 2 is 1.52 bits per heavy atom. The predicted molar refractivity (Wildman–Crippen MR) is 88.6 cm³/mol. The molecule has 0 aliphatic carbocycles. The molecule has 0 radical (unpaired) electrons. The monoisotopic (exact) mass is 281 g/mol. The maximum atomic E-state index is 12.3. The molecule has 2 heteroatoms. The van der Waals surface area contributed by atoms with Gasteiger partial charge in [0.1, 0.15) is 0 Å². The zero-order valence-corrected chi connectivity index (χ0v) is 13.2. The fraction of sp³-hybridized carbons (Fsp3) is 0.316. The molecule has 0 aliphatic heterocycles. The number of amides is 1. The normalized spacial score (nSPS) is 11.0. The molecule has 2 nitrogen and oxygen atoms in total. The molecule has 110 valence electrons. The van der Waals surface area contributed by atoms with Gasteiger partial charge in [-0.3, -0.25) is 4.79 Å². The number of hydrogen-bond donors (Lipinski definition) is 1. The molecule has 0 spiro atoms. The lowest BCUT2D eigenvalue weighted by Crippen LogP contribution is -2.30. The van der Waals surface area contributed by atoms with Crippen LogP contribution in [0.3, 0.4) is 0 Å². The summed E-state index contributed by atoms with van der Waals surface area (Å²) >= 11 is 0. The summed E-state index contributed by atoms with van der Waals surface area (Å²) in [5.74, 6) is 0.493. The molecule has 0 unspecified atom stereocenters. The van der Waals surface area contributed by atoms with Crippen LogP contribution in [0.4, 0.5) is 0 Å². The van der Waals surface area contributed by atoms with Crippen molar-refractivity contribution in [2.45, 2.75) is 39.7 Å². The SMILES string of the molecule is CC(C)NC(=O)c1ccccc1-c1ccc(C(C)C)cc1. The van der Waals surface area contributed by atoms with E-state index in [2.05, 4.69) is 43.4 Å². The average Bonchev–Trinajstić information content (AvgIpc) is 2.46. The maximum Gasteiger partial charge on any atom is 0.252 e. The second-order valence-corrected chi connectivity index (χ2v) is 5.95. The molecule has 1 N–H and O–H groups in total. The first-order valence-electron chi connectivity index (χ1n) is 7.49. The molecule has 0 saturated heterocycles. The van der Waals surface area contributed by atoms with Crippen LogP contribution in [0.2, 0.25) is 0 Å². The van der Waals surface area contributed by atoms with Crippen molar-refractivity contribution in [2.75, 3.05) is 0 Å². The van der Waals surface area contributed by atoms with Gasteiger partial charge in [-0.1, -0.05) is 56.3 Å². The molecule has 0 saturated carbocycles. The Morgan fingerprint density at radius 1 is 0.905 bits per heavy atom. The molecule has 0 bridgehead atoms. The Morgan fingerprint density at radius 3 is 2.10 bits per heavy atom. The Bertz CT molecular complexity index is 612. The van der Waals surface area contributed by atoms with Gasteiger partial charge >= 0.3 is 0 Å². The van der Waals surface area contributed by atoms with Crippen molar-refractivity contribution in [2.24, 2.45) is 0 Å². The first kappa shape index (κ1) is 15.3. The van der Waals surface area contributed by atoms with Gasteiger partial charge in [-0.05, 0) is 42.5 Å². The van der Waals surface area contributed by atoms with Crippen molar-refractivity contribution in [1.82, 2.24) is 5.32 Å². The molecule has 2 aromatic rings. The van der Waals surface area contributed by atoms with Crippen LogP contribution in [0, 0.1) is 0 Å². The van der Waals surface area contributed by atoms with Crippen LogP contribution in [-0.2, 0) is 0 Å². The zero-order chi connectivity index (χ0) is 15.4. The first-order chi connectivity index (χ1) is 9.99. The summed E-state index contributed by atoms with van der Waals surface area (Å²) < 4.78 is 0. The van der Waals surface area contributed by atoms with Gasteiger partial charge in [0.2, 0.25) is 0 Å². The standard InChI is InChI=1S/C19H23NO/c1-13(2)15-9-11-16(12-10-15)17-7-5-6-8-18(17)19(21)20-14(3)4/h5-14H,1-4H3,(H,20,21). The summed E-state index contributed by atoms with van der Waals surface area (Å²) in [6, 6.07) is 16.3. The molecule has 21 heavy (non-hydrogen) atoms. The molecule has 1 amide bonds. The fourth-order valence-electron chi connectivity index (χ4n) is 2.32. The summed E-state index contributed by atoms with van der Waals surface area (Å²) in [6.45, 7) is 8.30. The zero-order valence-electron chi connectivity index (χ0n) is 13.2. The van der Waals surface area contributed by atoms with E-state index in [9.17, 15) is 4.79 Å². The minimum absolute atomic E-state index is 0.0199. The van der Waals surface area contributed by atoms with Gasteiger partial charge in [0.25, 0.3) is 5.91 Å². The van der Waals surface area contributed by atoms with Gasteiger partial charge < -0.3 is 5.32 Å². The Balaban J connectivity index is 2.37. The highest BCUT2D eigenvalue weighted by atomic mass is 16.1. The molecule has 2 rings (SSSR count). The van der Waals surface area contributed by atoms with E-state index in [1.165, 1.54) is 5.56 Å². The number of carbonyl (C=O) groups excluding carboxylic acids is 1. The van der Waals surface area contributed by atoms with E-state index < -0.39 is 0 Å². The van der Waals surface area contributed by atoms with E-state index in [-0.39, 0.29) is 11.9 Å². The van der Waals surface area contributed by atoms with Crippen LogP contribution in [0.15, 0.2) is 48.5 Å². The lowest BCUT2D eigenvalue weighted by molar-refractivity contribution is 0.0944. The first-order valence-corrected chi connectivity index (χ1v) is 7.49. The fourth-order valence-corrected chi connectivity index (χ4v) is 2.32. The second kappa shape index (κ2) is 6.57. The van der Waals surface area contributed by atoms with Crippen molar-refractivity contribution in [3.05, 3.63) is 59.7 Å². The topological polar surface area (TPSA) is 29.1 Å². The highest BCUT2D eigenvalue weighted by Gasteiger charge is 2.13. The summed E-state index contributed by atoms with van der Waals surface area (Å²) in [6.07, 6.45) is 0. The van der Waals surface area contributed by atoms with Gasteiger partial charge in [-0.2, -0.15) is 0 Å². The quantitative estimate of drug-likeness (QED) is 0.870. The van der Waals surface area contributed by atoms with Crippen LogP contribution in [0.1, 0.15) is 49.5 Å². The van der Waals surface area contributed by atoms with Crippen molar-refractivity contribution in [1.29, 1.82) is 0 Å². The van der Waals surface area contributed by atoms with Gasteiger partial charge in [0.15, 0.2) is 0 Å². The van der Waals surface area contributed by atoms with Crippen LogP contribution in [0.5, 0.6) is 0 Å². The largest absolute Gasteiger partial charge is 0.350 e. The summed E-state index contributed by atoms with van der Waals surface area (Å²) in [4.78, 5) is 12.3. The highest BCUT2D eigenvalue weighted by Crippen LogP contribution is 2.25. The summed E-state index contributed by atoms with van der Waals surface area (Å²) in [5.41, 5.74) is 4.09. The number of rotatable bonds is 4. The van der Waals surface area contributed by atoms with Crippen molar-refractivity contribution < 1.29 is 4.79 Å². The summed E-state index contributed by atoms with van der Waals surface area (Å²) in [7, 11) is 0. The summed E-state index contributed by atoms with van der Waals surface area (Å²) in [5, 5.41) is 2.96. The Labute approximate surface area is 127 Å². The minimum Gasteiger partial charge on any atom is -0.350 e. The lowest BCUT2D eigenvalue weighted by atomic mass is 9.95. The molecule has 0 fully saturated rings. The van der Waals surface area contributed by atoms with Gasteiger partial charge in [0.05, 0.1) is 0 Å².